The third kappa shape index (κ3) is 10.4. The summed E-state index contributed by atoms with van der Waals surface area (Å²) in [7, 11) is -1.05. The molecule has 2 unspecified atom stereocenters. The van der Waals surface area contributed by atoms with Crippen molar-refractivity contribution in [2.45, 2.75) is 91.4 Å². The molecule has 0 aliphatic rings. The smallest absolute Gasteiger partial charge is 0.407 e. The maximum Gasteiger partial charge on any atom is 0.407 e. The van der Waals surface area contributed by atoms with Gasteiger partial charge in [0.2, 0.25) is 0 Å². The third-order valence-electron chi connectivity index (χ3n) is 7.51. The predicted octanol–water partition coefficient (Wildman–Crippen LogP) is 7.96. The number of carbonyl (C=O) groups excluding carboxylic acids is 2. The lowest BCUT2D eigenvalue weighted by atomic mass is 9.99. The Kier molecular flexibility index (Phi) is 12.1. The van der Waals surface area contributed by atoms with Crippen LogP contribution in [0, 0.1) is 0 Å². The Morgan fingerprint density at radius 2 is 1.73 bits per heavy atom. The van der Waals surface area contributed by atoms with Crippen LogP contribution in [0.5, 0.6) is 5.75 Å². The molecule has 1 aromatic heterocycles. The molecule has 1 heterocycles. The minimum Gasteiger partial charge on any atom is -0.489 e. The first-order chi connectivity index (χ1) is 22.6. The fourth-order valence-corrected chi connectivity index (χ4v) is 5.80. The van der Waals surface area contributed by atoms with E-state index >= 15 is 0 Å². The molecule has 0 bridgehead atoms. The van der Waals surface area contributed by atoms with E-state index in [-0.39, 0.29) is 29.8 Å². The maximum atomic E-state index is 12.6. The van der Waals surface area contributed by atoms with Crippen LogP contribution >= 0.6 is 0 Å². The van der Waals surface area contributed by atoms with Crippen LogP contribution in [0.15, 0.2) is 71.3 Å². The van der Waals surface area contributed by atoms with Crippen molar-refractivity contribution < 1.29 is 32.4 Å². The first-order valence-corrected chi connectivity index (χ1v) is 17.5. The highest BCUT2D eigenvalue weighted by atomic mass is 32.2. The van der Waals surface area contributed by atoms with E-state index in [1.807, 2.05) is 109 Å². The van der Waals surface area contributed by atoms with Crippen LogP contribution in [-0.4, -0.2) is 39.1 Å². The molecule has 0 saturated heterocycles. The quantitative estimate of drug-likeness (QED) is 0.137. The highest BCUT2D eigenvalue weighted by molar-refractivity contribution is 7.86. The molecule has 1 amide bonds. The van der Waals surface area contributed by atoms with Crippen LogP contribution in [0.1, 0.15) is 83.7 Å². The summed E-state index contributed by atoms with van der Waals surface area (Å²) in [4.78, 5) is 24.7. The number of rotatable bonds is 13. The first kappa shape index (κ1) is 36.7. The van der Waals surface area contributed by atoms with E-state index in [0.29, 0.717) is 24.8 Å². The first-order valence-electron chi connectivity index (χ1n) is 16.2. The lowest BCUT2D eigenvalue weighted by molar-refractivity contribution is -0.142. The molecule has 0 aliphatic carbocycles. The zero-order valence-corrected chi connectivity index (χ0v) is 30.0. The molecular weight excluding hydrogens is 628 g/mol. The Hall–Kier alpha value is -4.15. The molecule has 3 aromatic carbocycles. The summed E-state index contributed by atoms with van der Waals surface area (Å²) in [6, 6.07) is 19.6. The Morgan fingerprint density at radius 3 is 2.44 bits per heavy atom. The molecule has 0 radical (unpaired) electrons. The molecule has 9 nitrogen and oxygen atoms in total. The van der Waals surface area contributed by atoms with Crippen molar-refractivity contribution in [2.24, 2.45) is 0 Å². The molecule has 10 heteroatoms. The van der Waals surface area contributed by atoms with Gasteiger partial charge in [-0.15, -0.1) is 0 Å². The molecule has 0 spiro atoms. The predicted molar refractivity (Wildman–Crippen MR) is 190 cm³/mol. The highest BCUT2D eigenvalue weighted by Gasteiger charge is 2.21. The van der Waals surface area contributed by atoms with Crippen molar-refractivity contribution in [1.29, 1.82) is 0 Å². The number of carbonyl (C=O) groups is 2. The van der Waals surface area contributed by atoms with Gasteiger partial charge >= 0.3 is 12.1 Å². The number of furan rings is 1. The van der Waals surface area contributed by atoms with Gasteiger partial charge in [0.1, 0.15) is 23.5 Å². The van der Waals surface area contributed by atoms with Gasteiger partial charge in [0.15, 0.2) is 0 Å². The number of amides is 1. The summed E-state index contributed by atoms with van der Waals surface area (Å²) in [5.74, 6) is 0.609. The Bertz CT molecular complexity index is 1750. The van der Waals surface area contributed by atoms with Crippen molar-refractivity contribution in [3.63, 3.8) is 0 Å². The second kappa shape index (κ2) is 15.8. The number of nitrogens with one attached hydrogen (secondary N) is 2. The van der Waals surface area contributed by atoms with Gasteiger partial charge < -0.3 is 23.9 Å². The Labute approximate surface area is 286 Å². The summed E-state index contributed by atoms with van der Waals surface area (Å²) >= 11 is 0. The summed E-state index contributed by atoms with van der Waals surface area (Å²) in [6.45, 7) is 16.0. The van der Waals surface area contributed by atoms with Crippen molar-refractivity contribution >= 4 is 33.8 Å². The number of ether oxygens (including phenoxy) is 3. The van der Waals surface area contributed by atoms with Gasteiger partial charge in [-0.05, 0) is 108 Å². The number of fused-ring (bicyclic) bond motifs is 1. The normalized spacial score (nSPS) is 13.2. The fraction of sp³-hybridized carbons (Fsp3) is 0.421. The van der Waals surface area contributed by atoms with Crippen molar-refractivity contribution in [2.75, 3.05) is 12.5 Å². The van der Waals surface area contributed by atoms with Crippen LogP contribution < -0.4 is 15.4 Å². The molecule has 0 saturated carbocycles. The minimum absolute atomic E-state index is 0.0788. The molecule has 2 N–H and O–H groups in total. The highest BCUT2D eigenvalue weighted by Crippen LogP contribution is 2.33. The van der Waals surface area contributed by atoms with Gasteiger partial charge in [-0.2, -0.15) is 0 Å². The van der Waals surface area contributed by atoms with Crippen molar-refractivity contribution in [3.05, 3.63) is 89.2 Å². The Morgan fingerprint density at radius 1 is 0.958 bits per heavy atom. The van der Waals surface area contributed by atoms with Gasteiger partial charge in [0, 0.05) is 44.6 Å². The zero-order valence-electron chi connectivity index (χ0n) is 29.2. The van der Waals surface area contributed by atoms with Crippen molar-refractivity contribution in [3.8, 4) is 16.9 Å². The number of hydrogen-bond acceptors (Lipinski definition) is 8. The standard InChI is InChI=1S/C38H48N2O7S/c1-9-44-34(41)21-30-14-13-28(25(2)40-24-48(43)38(6,7)8)20-33(30)46-23-27-18-31-15-16-45-35(31)32(19-27)29-12-10-11-26(17-29)22-39-36(42)47-37(3,4)5/h10-20,25,40H,9,21-24H2,1-8H3,(H,39,42). The van der Waals surface area contributed by atoms with E-state index in [1.54, 1.807) is 13.2 Å². The van der Waals surface area contributed by atoms with Crippen LogP contribution in [0.2, 0.25) is 0 Å². The van der Waals surface area contributed by atoms with E-state index in [9.17, 15) is 13.8 Å². The van der Waals surface area contributed by atoms with Gasteiger partial charge in [-0.1, -0.05) is 30.3 Å². The number of benzene rings is 3. The third-order valence-corrected chi connectivity index (χ3v) is 9.31. The molecule has 4 aromatic rings. The van der Waals surface area contributed by atoms with Gasteiger partial charge in [-0.25, -0.2) is 4.79 Å². The molecule has 4 rings (SSSR count). The lowest BCUT2D eigenvalue weighted by Crippen LogP contribution is -2.32. The summed E-state index contributed by atoms with van der Waals surface area (Å²) in [6.07, 6.45) is 1.27. The van der Waals surface area contributed by atoms with Crippen LogP contribution in [-0.2, 0) is 44.6 Å². The van der Waals surface area contributed by atoms with E-state index in [2.05, 4.69) is 10.6 Å². The van der Waals surface area contributed by atoms with E-state index < -0.39 is 22.5 Å². The number of alkyl carbamates (subject to hydrolysis) is 1. The molecule has 0 aliphatic heterocycles. The fourth-order valence-electron chi connectivity index (χ4n) is 4.96. The molecular formula is C38H48N2O7S. The van der Waals surface area contributed by atoms with E-state index in [1.165, 1.54) is 0 Å². The van der Waals surface area contributed by atoms with Crippen LogP contribution in [0.25, 0.3) is 22.1 Å². The van der Waals surface area contributed by atoms with E-state index in [0.717, 1.165) is 44.3 Å². The lowest BCUT2D eigenvalue weighted by Gasteiger charge is -2.21. The zero-order chi connectivity index (χ0) is 35.1. The second-order valence-electron chi connectivity index (χ2n) is 13.7. The van der Waals surface area contributed by atoms with Gasteiger partial charge in [0.05, 0.1) is 25.2 Å². The SMILES string of the molecule is CCOC(=O)Cc1ccc(C(C)NCS(=O)C(C)(C)C)cc1OCc1cc(-c2cccc(CNC(=O)OC(C)(C)C)c2)c2occc2c1. The van der Waals surface area contributed by atoms with E-state index in [4.69, 9.17) is 18.6 Å². The average Bonchev–Trinajstić information content (AvgIpc) is 3.49. The van der Waals surface area contributed by atoms with Crippen LogP contribution in [0.3, 0.4) is 0 Å². The molecule has 48 heavy (non-hydrogen) atoms. The number of hydrogen-bond donors (Lipinski definition) is 2. The molecule has 2 atom stereocenters. The molecule has 258 valence electrons. The molecule has 0 fully saturated rings. The van der Waals surface area contributed by atoms with Gasteiger partial charge in [0.25, 0.3) is 0 Å². The van der Waals surface area contributed by atoms with Crippen LogP contribution in [0.4, 0.5) is 4.79 Å². The van der Waals surface area contributed by atoms with Gasteiger partial charge in [-0.3, -0.25) is 14.3 Å². The topological polar surface area (TPSA) is 116 Å². The maximum absolute atomic E-state index is 12.6. The number of esters is 1. The summed E-state index contributed by atoms with van der Waals surface area (Å²) in [5.41, 5.74) is 5.48. The monoisotopic (exact) mass is 676 g/mol. The largest absolute Gasteiger partial charge is 0.489 e. The second-order valence-corrected chi connectivity index (χ2v) is 15.9. The minimum atomic E-state index is -1.05. The summed E-state index contributed by atoms with van der Waals surface area (Å²) in [5, 5.41) is 7.11. The summed E-state index contributed by atoms with van der Waals surface area (Å²) < 4.78 is 35.2. The van der Waals surface area contributed by atoms with Crippen molar-refractivity contribution in [1.82, 2.24) is 10.6 Å². The Balaban J connectivity index is 1.58. The average molecular weight is 677 g/mol.